The highest BCUT2D eigenvalue weighted by atomic mass is 16.5. The molecule has 0 bridgehead atoms. The average molecular weight is 310 g/mol. The molecule has 0 spiro atoms. The average Bonchev–Trinajstić information content (AvgIpc) is 2.58. The minimum atomic E-state index is 0.532. The molecule has 0 N–H and O–H groups in total. The Hall–Kier alpha value is -2.00. The molecule has 23 heavy (non-hydrogen) atoms. The number of methoxy groups -OCH3 is 2. The largest absolute Gasteiger partial charge is 0.497 e. The molecule has 0 radical (unpaired) electrons. The van der Waals surface area contributed by atoms with Crippen LogP contribution < -0.4 is 9.47 Å². The minimum Gasteiger partial charge on any atom is -0.497 e. The lowest BCUT2D eigenvalue weighted by Gasteiger charge is -2.49. The summed E-state index contributed by atoms with van der Waals surface area (Å²) < 4.78 is 12.1. The van der Waals surface area contributed by atoms with Crippen LogP contribution in [-0.4, -0.2) is 32.3 Å². The monoisotopic (exact) mass is 310 g/mol. The third kappa shape index (κ3) is 2.22. The summed E-state index contributed by atoms with van der Waals surface area (Å²) in [5.41, 5.74) is 5.78. The van der Waals surface area contributed by atoms with Crippen LogP contribution in [0, 0.1) is 0 Å². The van der Waals surface area contributed by atoms with E-state index in [2.05, 4.69) is 43.4 Å². The van der Waals surface area contributed by atoms with Gasteiger partial charge < -0.3 is 14.0 Å². The van der Waals surface area contributed by atoms with Crippen molar-refractivity contribution in [2.45, 2.75) is 25.4 Å². The van der Waals surface area contributed by atoms with Crippen molar-refractivity contribution < 1.29 is 14.0 Å². The zero-order valence-corrected chi connectivity index (χ0v) is 14.1. The Balaban J connectivity index is 1.80. The van der Waals surface area contributed by atoms with Gasteiger partial charge in [-0.3, -0.25) is 0 Å². The van der Waals surface area contributed by atoms with Crippen molar-refractivity contribution in [3.8, 4) is 11.5 Å². The number of fused-ring (bicyclic) bond motifs is 4. The molecule has 120 valence electrons. The molecule has 0 amide bonds. The van der Waals surface area contributed by atoms with E-state index in [-0.39, 0.29) is 0 Å². The van der Waals surface area contributed by atoms with E-state index in [4.69, 9.17) is 9.47 Å². The van der Waals surface area contributed by atoms with E-state index in [1.807, 2.05) is 0 Å². The third-order valence-corrected chi connectivity index (χ3v) is 5.74. The van der Waals surface area contributed by atoms with E-state index in [1.54, 1.807) is 14.2 Å². The Kier molecular flexibility index (Phi) is 3.34. The third-order valence-electron chi connectivity index (χ3n) is 5.74. The first-order valence-electron chi connectivity index (χ1n) is 8.30. The Morgan fingerprint density at radius 3 is 2.70 bits per heavy atom. The fourth-order valence-electron chi connectivity index (χ4n) is 4.38. The van der Waals surface area contributed by atoms with E-state index in [1.165, 1.54) is 28.8 Å². The first-order chi connectivity index (χ1) is 11.1. The number of quaternary nitrogens is 1. The molecule has 2 unspecified atom stereocenters. The van der Waals surface area contributed by atoms with E-state index in [0.29, 0.717) is 6.04 Å². The molecule has 3 nitrogen and oxygen atoms in total. The lowest BCUT2D eigenvalue weighted by Crippen LogP contribution is -2.53. The second kappa shape index (κ2) is 5.27. The smallest absolute Gasteiger partial charge is 0.127 e. The molecular formula is C20H24NO2+. The molecule has 4 rings (SSSR count). The Labute approximate surface area is 138 Å². The van der Waals surface area contributed by atoms with Crippen LogP contribution in [0.25, 0.3) is 0 Å². The maximum absolute atomic E-state index is 5.61. The fraction of sp³-hybridized carbons (Fsp3) is 0.400. The van der Waals surface area contributed by atoms with Crippen LogP contribution in [0.2, 0.25) is 0 Å². The maximum Gasteiger partial charge on any atom is 0.127 e. The highest BCUT2D eigenvalue weighted by molar-refractivity contribution is 5.44. The summed E-state index contributed by atoms with van der Waals surface area (Å²) in [5, 5.41) is 0. The van der Waals surface area contributed by atoms with Gasteiger partial charge in [0, 0.05) is 18.4 Å². The second-order valence-electron chi connectivity index (χ2n) is 6.99. The zero-order valence-electron chi connectivity index (χ0n) is 14.1. The standard InChI is InChI=1S/C20H24NO2/c1-21-10-9-15-11-16(22-2)7-8-17(15)19(21)12-14-5-4-6-20(23-3)18(14)13-21/h4-8,11,19H,9-10,12-13H2,1-3H3/q+1. The molecule has 2 atom stereocenters. The number of hydrogen-bond acceptors (Lipinski definition) is 2. The molecule has 0 fully saturated rings. The fourth-order valence-corrected chi connectivity index (χ4v) is 4.38. The van der Waals surface area contributed by atoms with Crippen LogP contribution in [-0.2, 0) is 19.4 Å². The first kappa shape index (κ1) is 14.6. The summed E-state index contributed by atoms with van der Waals surface area (Å²) in [6.07, 6.45) is 2.20. The van der Waals surface area contributed by atoms with Crippen LogP contribution in [0.1, 0.15) is 28.3 Å². The van der Waals surface area contributed by atoms with Gasteiger partial charge in [0.2, 0.25) is 0 Å². The molecule has 0 aromatic heterocycles. The van der Waals surface area contributed by atoms with Crippen molar-refractivity contribution in [3.63, 3.8) is 0 Å². The Bertz CT molecular complexity index is 755. The molecular weight excluding hydrogens is 286 g/mol. The van der Waals surface area contributed by atoms with Gasteiger partial charge in [-0.25, -0.2) is 0 Å². The lowest BCUT2D eigenvalue weighted by atomic mass is 9.82. The predicted octanol–water partition coefficient (Wildman–Crippen LogP) is 3.50. The van der Waals surface area contributed by atoms with Crippen molar-refractivity contribution in [2.24, 2.45) is 0 Å². The van der Waals surface area contributed by atoms with Crippen LogP contribution in [0.4, 0.5) is 0 Å². The molecule has 2 aliphatic heterocycles. The highest BCUT2D eigenvalue weighted by Crippen LogP contribution is 2.45. The van der Waals surface area contributed by atoms with Gasteiger partial charge >= 0.3 is 0 Å². The number of likely N-dealkylation sites (N-methyl/N-ethyl adjacent to an activating group) is 1. The molecule has 2 aromatic carbocycles. The van der Waals surface area contributed by atoms with Crippen molar-refractivity contribution in [2.75, 3.05) is 27.8 Å². The number of rotatable bonds is 2. The van der Waals surface area contributed by atoms with Crippen LogP contribution in [0.5, 0.6) is 11.5 Å². The van der Waals surface area contributed by atoms with Gasteiger partial charge in [-0.05, 0) is 35.4 Å². The Morgan fingerprint density at radius 2 is 1.91 bits per heavy atom. The van der Waals surface area contributed by atoms with Crippen molar-refractivity contribution in [3.05, 3.63) is 58.7 Å². The highest BCUT2D eigenvalue weighted by Gasteiger charge is 2.43. The predicted molar refractivity (Wildman–Crippen MR) is 90.9 cm³/mol. The van der Waals surface area contributed by atoms with Crippen LogP contribution in [0.15, 0.2) is 36.4 Å². The molecule has 0 saturated heterocycles. The number of hydrogen-bond donors (Lipinski definition) is 0. The molecule has 2 heterocycles. The summed E-state index contributed by atoms with van der Waals surface area (Å²) in [4.78, 5) is 0. The summed E-state index contributed by atoms with van der Waals surface area (Å²) >= 11 is 0. The van der Waals surface area contributed by atoms with Crippen molar-refractivity contribution in [1.29, 1.82) is 0 Å². The van der Waals surface area contributed by atoms with E-state index >= 15 is 0 Å². The van der Waals surface area contributed by atoms with Gasteiger partial charge in [0.25, 0.3) is 0 Å². The van der Waals surface area contributed by atoms with E-state index < -0.39 is 0 Å². The topological polar surface area (TPSA) is 18.5 Å². The summed E-state index contributed by atoms with van der Waals surface area (Å²) in [5.74, 6) is 2.01. The quantitative estimate of drug-likeness (QED) is 0.790. The van der Waals surface area contributed by atoms with Crippen LogP contribution >= 0.6 is 0 Å². The number of nitrogens with zero attached hydrogens (tertiary/aromatic N) is 1. The first-order valence-corrected chi connectivity index (χ1v) is 8.30. The SMILES string of the molecule is COc1ccc2c(c1)CC[N+]1(C)Cc3c(cccc3OC)CC21. The summed E-state index contributed by atoms with van der Waals surface area (Å²) in [6, 6.07) is 13.6. The minimum absolute atomic E-state index is 0.532. The van der Waals surface area contributed by atoms with Crippen LogP contribution in [0.3, 0.4) is 0 Å². The molecule has 0 saturated carbocycles. The van der Waals surface area contributed by atoms with Gasteiger partial charge in [0.05, 0.1) is 33.4 Å². The number of benzene rings is 2. The van der Waals surface area contributed by atoms with Gasteiger partial charge in [-0.1, -0.05) is 12.1 Å². The zero-order chi connectivity index (χ0) is 16.0. The van der Waals surface area contributed by atoms with Gasteiger partial charge in [0.1, 0.15) is 24.1 Å². The maximum atomic E-state index is 5.61. The molecule has 2 aromatic rings. The second-order valence-corrected chi connectivity index (χ2v) is 6.99. The van der Waals surface area contributed by atoms with Crippen molar-refractivity contribution in [1.82, 2.24) is 0 Å². The normalized spacial score (nSPS) is 25.1. The summed E-state index contributed by atoms with van der Waals surface area (Å²) in [6.45, 7) is 2.22. The van der Waals surface area contributed by atoms with E-state index in [0.717, 1.165) is 35.4 Å². The lowest BCUT2D eigenvalue weighted by molar-refractivity contribution is -0.956. The van der Waals surface area contributed by atoms with Crippen molar-refractivity contribution >= 4 is 0 Å². The van der Waals surface area contributed by atoms with Gasteiger partial charge in [0.15, 0.2) is 0 Å². The Morgan fingerprint density at radius 1 is 1.04 bits per heavy atom. The molecule has 3 heteroatoms. The van der Waals surface area contributed by atoms with E-state index in [9.17, 15) is 0 Å². The molecule has 0 aliphatic carbocycles. The van der Waals surface area contributed by atoms with Gasteiger partial charge in [-0.15, -0.1) is 0 Å². The molecule has 2 aliphatic rings. The van der Waals surface area contributed by atoms with Gasteiger partial charge in [-0.2, -0.15) is 0 Å². The summed E-state index contributed by atoms with van der Waals surface area (Å²) in [7, 11) is 5.92. The number of ether oxygens (including phenoxy) is 2.